The molecule has 22 heavy (non-hydrogen) atoms. The summed E-state index contributed by atoms with van der Waals surface area (Å²) < 4.78 is 0. The van der Waals surface area contributed by atoms with E-state index in [2.05, 4.69) is 51.7 Å². The summed E-state index contributed by atoms with van der Waals surface area (Å²) in [4.78, 5) is 0. The van der Waals surface area contributed by atoms with Crippen molar-refractivity contribution in [2.45, 2.75) is 91.9 Å². The fraction of sp³-hybridized carbons (Fsp3) is 0.636. The van der Waals surface area contributed by atoms with Crippen LogP contribution in [0, 0.1) is 18.8 Å². The first-order chi connectivity index (χ1) is 10.7. The van der Waals surface area contributed by atoms with E-state index in [1.165, 1.54) is 80.0 Å². The average molecular weight is 299 g/mol. The van der Waals surface area contributed by atoms with E-state index in [1.807, 2.05) is 0 Å². The van der Waals surface area contributed by atoms with Crippen LogP contribution in [0.25, 0.3) is 0 Å². The molecule has 0 heterocycles. The zero-order valence-corrected chi connectivity index (χ0v) is 15.2. The summed E-state index contributed by atoms with van der Waals surface area (Å²) >= 11 is 0. The summed E-state index contributed by atoms with van der Waals surface area (Å²) in [6.07, 6.45) is 12.3. The third-order valence-corrected chi connectivity index (χ3v) is 4.16. The van der Waals surface area contributed by atoms with Crippen molar-refractivity contribution in [1.82, 2.24) is 0 Å². The van der Waals surface area contributed by atoms with Gasteiger partial charge in [-0.1, -0.05) is 76.0 Å². The molecule has 0 saturated carbocycles. The first kappa shape index (κ1) is 18.8. The zero-order chi connectivity index (χ0) is 16.2. The number of benzene rings is 1. The van der Waals surface area contributed by atoms with Crippen LogP contribution < -0.4 is 0 Å². The Kier molecular flexibility index (Phi) is 9.72. The summed E-state index contributed by atoms with van der Waals surface area (Å²) in [6, 6.07) is 4.73. The highest BCUT2D eigenvalue weighted by Gasteiger charge is 2.08. The Bertz CT molecular complexity index is 485. The Morgan fingerprint density at radius 3 is 1.95 bits per heavy atom. The van der Waals surface area contributed by atoms with Crippen molar-refractivity contribution >= 4 is 0 Å². The van der Waals surface area contributed by atoms with Gasteiger partial charge in [-0.25, -0.2) is 0 Å². The van der Waals surface area contributed by atoms with E-state index in [0.29, 0.717) is 0 Å². The van der Waals surface area contributed by atoms with E-state index in [1.54, 1.807) is 0 Å². The summed E-state index contributed by atoms with van der Waals surface area (Å²) in [7, 11) is 0. The number of aryl methyl sites for hydroxylation is 3. The number of unbranched alkanes of at least 4 members (excludes halogenated alkanes) is 5. The van der Waals surface area contributed by atoms with Gasteiger partial charge < -0.3 is 0 Å². The SMILES string of the molecule is CCCCC#Cc1c(CCCC)cc(C)cc1CCCCC. The van der Waals surface area contributed by atoms with Crippen molar-refractivity contribution in [1.29, 1.82) is 0 Å². The molecule has 0 nitrogen and oxygen atoms in total. The Morgan fingerprint density at radius 1 is 0.773 bits per heavy atom. The summed E-state index contributed by atoms with van der Waals surface area (Å²) in [5.41, 5.74) is 5.73. The smallest absolute Gasteiger partial charge is 0.0309 e. The van der Waals surface area contributed by atoms with E-state index in [-0.39, 0.29) is 0 Å². The lowest BCUT2D eigenvalue weighted by Gasteiger charge is -2.12. The first-order valence-corrected chi connectivity index (χ1v) is 9.34. The molecular formula is C22H34. The number of hydrogen-bond acceptors (Lipinski definition) is 0. The Morgan fingerprint density at radius 2 is 1.36 bits per heavy atom. The third-order valence-electron chi connectivity index (χ3n) is 4.16. The lowest BCUT2D eigenvalue weighted by atomic mass is 9.92. The van der Waals surface area contributed by atoms with E-state index in [9.17, 15) is 0 Å². The molecule has 0 bridgehead atoms. The lowest BCUT2D eigenvalue weighted by Crippen LogP contribution is -1.99. The zero-order valence-electron chi connectivity index (χ0n) is 15.2. The van der Waals surface area contributed by atoms with Gasteiger partial charge in [0.05, 0.1) is 0 Å². The largest absolute Gasteiger partial charge is 0.0979 e. The highest BCUT2D eigenvalue weighted by molar-refractivity contribution is 5.49. The molecule has 0 radical (unpaired) electrons. The van der Waals surface area contributed by atoms with Crippen molar-refractivity contribution in [2.24, 2.45) is 0 Å². The number of hydrogen-bond donors (Lipinski definition) is 0. The maximum atomic E-state index is 3.53. The van der Waals surface area contributed by atoms with E-state index in [0.717, 1.165) is 6.42 Å². The Labute approximate surface area is 138 Å². The molecule has 0 atom stereocenters. The van der Waals surface area contributed by atoms with Gasteiger partial charge in [-0.05, 0) is 50.2 Å². The van der Waals surface area contributed by atoms with Crippen molar-refractivity contribution in [3.8, 4) is 11.8 Å². The van der Waals surface area contributed by atoms with Crippen molar-refractivity contribution in [2.75, 3.05) is 0 Å². The highest BCUT2D eigenvalue weighted by atomic mass is 14.1. The normalized spacial score (nSPS) is 10.4. The fourth-order valence-electron chi connectivity index (χ4n) is 2.85. The van der Waals surface area contributed by atoms with Crippen molar-refractivity contribution in [3.05, 3.63) is 34.4 Å². The molecule has 0 aromatic heterocycles. The van der Waals surface area contributed by atoms with Gasteiger partial charge in [0, 0.05) is 12.0 Å². The van der Waals surface area contributed by atoms with Gasteiger partial charge in [0.1, 0.15) is 0 Å². The molecule has 1 aromatic carbocycles. The second-order valence-electron chi connectivity index (χ2n) is 6.42. The summed E-state index contributed by atoms with van der Waals surface area (Å²) in [6.45, 7) is 9.00. The van der Waals surface area contributed by atoms with Gasteiger partial charge in [0.2, 0.25) is 0 Å². The minimum atomic E-state index is 1.03. The molecule has 0 spiro atoms. The minimum absolute atomic E-state index is 1.03. The van der Waals surface area contributed by atoms with E-state index < -0.39 is 0 Å². The molecular weight excluding hydrogens is 264 g/mol. The van der Waals surface area contributed by atoms with Crippen LogP contribution in [0.1, 0.15) is 94.4 Å². The topological polar surface area (TPSA) is 0 Å². The third kappa shape index (κ3) is 6.69. The lowest BCUT2D eigenvalue weighted by molar-refractivity contribution is 0.714. The maximum Gasteiger partial charge on any atom is 0.0309 e. The average Bonchev–Trinajstić information content (AvgIpc) is 2.51. The van der Waals surface area contributed by atoms with Gasteiger partial charge in [0.25, 0.3) is 0 Å². The van der Waals surface area contributed by atoms with Crippen LogP contribution in [0.4, 0.5) is 0 Å². The van der Waals surface area contributed by atoms with Crippen LogP contribution in [0.3, 0.4) is 0 Å². The summed E-state index contributed by atoms with van der Waals surface area (Å²) in [5, 5.41) is 0. The molecule has 0 saturated heterocycles. The van der Waals surface area contributed by atoms with Crippen LogP contribution in [0.15, 0.2) is 12.1 Å². The van der Waals surface area contributed by atoms with Gasteiger partial charge in [-0.2, -0.15) is 0 Å². The predicted molar refractivity (Wildman–Crippen MR) is 99.4 cm³/mol. The van der Waals surface area contributed by atoms with Crippen molar-refractivity contribution < 1.29 is 0 Å². The molecule has 122 valence electrons. The molecule has 1 aromatic rings. The second-order valence-corrected chi connectivity index (χ2v) is 6.42. The van der Waals surface area contributed by atoms with Gasteiger partial charge in [-0.3, -0.25) is 0 Å². The molecule has 0 unspecified atom stereocenters. The standard InChI is InChI=1S/C22H34/c1-5-8-11-13-16-22-20(14-10-7-3)17-19(4)18-21(22)15-12-9-6-2/h17-18H,5-12,14-15H2,1-4H3. The van der Waals surface area contributed by atoms with Gasteiger partial charge in [-0.15, -0.1) is 0 Å². The molecule has 0 aliphatic carbocycles. The van der Waals surface area contributed by atoms with Crippen LogP contribution in [-0.2, 0) is 12.8 Å². The maximum absolute atomic E-state index is 3.53. The predicted octanol–water partition coefficient (Wildman–Crippen LogP) is 6.61. The van der Waals surface area contributed by atoms with E-state index >= 15 is 0 Å². The molecule has 0 aliphatic heterocycles. The van der Waals surface area contributed by atoms with Crippen LogP contribution in [-0.4, -0.2) is 0 Å². The summed E-state index contributed by atoms with van der Waals surface area (Å²) in [5.74, 6) is 6.95. The Balaban J connectivity index is 3.02. The first-order valence-electron chi connectivity index (χ1n) is 9.34. The van der Waals surface area contributed by atoms with Crippen LogP contribution >= 0.6 is 0 Å². The van der Waals surface area contributed by atoms with Gasteiger partial charge >= 0.3 is 0 Å². The molecule has 0 fully saturated rings. The Hall–Kier alpha value is -1.22. The molecule has 0 N–H and O–H groups in total. The molecule has 0 aliphatic rings. The molecule has 0 amide bonds. The number of rotatable bonds is 9. The monoisotopic (exact) mass is 298 g/mol. The molecule has 1 rings (SSSR count). The molecule has 0 heteroatoms. The van der Waals surface area contributed by atoms with Crippen LogP contribution in [0.5, 0.6) is 0 Å². The fourth-order valence-corrected chi connectivity index (χ4v) is 2.85. The van der Waals surface area contributed by atoms with E-state index in [4.69, 9.17) is 0 Å². The highest BCUT2D eigenvalue weighted by Crippen LogP contribution is 2.21. The van der Waals surface area contributed by atoms with Gasteiger partial charge in [0.15, 0.2) is 0 Å². The minimum Gasteiger partial charge on any atom is -0.0979 e. The second kappa shape index (κ2) is 11.4. The van der Waals surface area contributed by atoms with Crippen LogP contribution in [0.2, 0.25) is 0 Å². The quantitative estimate of drug-likeness (QED) is 0.355. The van der Waals surface area contributed by atoms with Crippen molar-refractivity contribution in [3.63, 3.8) is 0 Å².